The summed E-state index contributed by atoms with van der Waals surface area (Å²) >= 11 is 0. The molecule has 2 heteroatoms. The zero-order chi connectivity index (χ0) is 13.8. The zero-order valence-corrected chi connectivity index (χ0v) is 12.8. The fourth-order valence-electron chi connectivity index (χ4n) is 7.59. The van der Waals surface area contributed by atoms with Gasteiger partial charge in [0.05, 0.1) is 12.5 Å². The molecule has 0 aromatic heterocycles. The molecule has 0 amide bonds. The van der Waals surface area contributed by atoms with Gasteiger partial charge in [-0.3, -0.25) is 4.79 Å². The first-order valence-electron chi connectivity index (χ1n) is 8.63. The Morgan fingerprint density at radius 2 is 1.75 bits per heavy atom. The third-order valence-electron chi connectivity index (χ3n) is 7.94. The highest BCUT2D eigenvalue weighted by atomic mass is 16.5. The maximum absolute atomic E-state index is 12.1. The number of hydrogen-bond donors (Lipinski definition) is 0. The van der Waals surface area contributed by atoms with Crippen LogP contribution in [0.25, 0.3) is 0 Å². The summed E-state index contributed by atoms with van der Waals surface area (Å²) in [6, 6.07) is 0. The van der Waals surface area contributed by atoms with Crippen LogP contribution in [0.2, 0.25) is 0 Å². The van der Waals surface area contributed by atoms with Crippen molar-refractivity contribution in [2.75, 3.05) is 6.61 Å². The molecule has 2 nitrogen and oxygen atoms in total. The molecule has 0 aromatic rings. The molecule has 4 aliphatic carbocycles. The van der Waals surface area contributed by atoms with Gasteiger partial charge in [0.15, 0.2) is 0 Å². The lowest BCUT2D eigenvalue weighted by molar-refractivity contribution is -0.143. The maximum Gasteiger partial charge on any atom is 0.309 e. The molecule has 5 rings (SSSR count). The van der Waals surface area contributed by atoms with Crippen LogP contribution in [0.4, 0.5) is 0 Å². The van der Waals surface area contributed by atoms with E-state index in [2.05, 4.69) is 20.8 Å². The molecule has 0 radical (unpaired) electrons. The second kappa shape index (κ2) is 3.44. The minimum absolute atomic E-state index is 0.149. The van der Waals surface area contributed by atoms with Crippen LogP contribution < -0.4 is 0 Å². The average Bonchev–Trinajstić information content (AvgIpc) is 3.09. The quantitative estimate of drug-likeness (QED) is 0.500. The minimum atomic E-state index is 0.149. The summed E-state index contributed by atoms with van der Waals surface area (Å²) in [6.45, 7) is 8.02. The zero-order valence-electron chi connectivity index (χ0n) is 12.8. The largest absolute Gasteiger partial charge is 0.465 e. The smallest absolute Gasteiger partial charge is 0.309 e. The Morgan fingerprint density at radius 3 is 2.50 bits per heavy atom. The maximum atomic E-state index is 12.1. The van der Waals surface area contributed by atoms with Crippen molar-refractivity contribution in [3.05, 3.63) is 0 Å². The lowest BCUT2D eigenvalue weighted by atomic mass is 9.58. The first-order valence-corrected chi connectivity index (χ1v) is 8.63. The Kier molecular flexibility index (Phi) is 2.08. The monoisotopic (exact) mass is 274 g/mol. The first kappa shape index (κ1) is 12.1. The van der Waals surface area contributed by atoms with Crippen LogP contribution >= 0.6 is 0 Å². The molecule has 1 heterocycles. The number of rotatable bonds is 0. The van der Waals surface area contributed by atoms with E-state index in [1.54, 1.807) is 0 Å². The number of carbonyl (C=O) groups is 1. The van der Waals surface area contributed by atoms with Gasteiger partial charge in [-0.05, 0) is 66.1 Å². The first-order chi connectivity index (χ1) is 9.47. The molecule has 20 heavy (non-hydrogen) atoms. The predicted octanol–water partition coefficient (Wildman–Crippen LogP) is 3.36. The summed E-state index contributed by atoms with van der Waals surface area (Å²) in [4.78, 5) is 12.1. The molecule has 1 saturated heterocycles. The van der Waals surface area contributed by atoms with Gasteiger partial charge in [-0.15, -0.1) is 0 Å². The van der Waals surface area contributed by atoms with Crippen molar-refractivity contribution in [1.29, 1.82) is 0 Å². The second-order valence-corrected chi connectivity index (χ2v) is 9.41. The van der Waals surface area contributed by atoms with Gasteiger partial charge in [-0.25, -0.2) is 0 Å². The van der Waals surface area contributed by atoms with Gasteiger partial charge < -0.3 is 4.74 Å². The minimum Gasteiger partial charge on any atom is -0.465 e. The summed E-state index contributed by atoms with van der Waals surface area (Å²) in [5.74, 6) is 7.16. The van der Waals surface area contributed by atoms with Gasteiger partial charge in [0.2, 0.25) is 0 Å². The van der Waals surface area contributed by atoms with E-state index in [1.165, 1.54) is 19.3 Å². The molecule has 5 fully saturated rings. The van der Waals surface area contributed by atoms with Crippen LogP contribution in [0.15, 0.2) is 0 Å². The highest BCUT2D eigenvalue weighted by Gasteiger charge is 2.70. The lowest BCUT2D eigenvalue weighted by Crippen LogP contribution is -2.43. The molecular formula is C18H26O2. The standard InChI is InChI=1S/C18H26O2/c1-18(2,3)13-5-8-4-10(13)15-11-6-9(14(8)15)12-7-20-17(19)16(11)12/h8-16H,4-7H2,1-3H3. The third-order valence-corrected chi connectivity index (χ3v) is 7.94. The van der Waals surface area contributed by atoms with E-state index in [0.717, 1.165) is 42.1 Å². The summed E-state index contributed by atoms with van der Waals surface area (Å²) in [5.41, 5.74) is 0.446. The normalized spacial score (nSPS) is 59.0. The van der Waals surface area contributed by atoms with Crippen LogP contribution in [-0.2, 0) is 9.53 Å². The predicted molar refractivity (Wildman–Crippen MR) is 75.7 cm³/mol. The molecule has 5 aliphatic rings. The number of esters is 1. The van der Waals surface area contributed by atoms with Crippen molar-refractivity contribution in [2.45, 2.75) is 40.0 Å². The van der Waals surface area contributed by atoms with Crippen LogP contribution in [0.3, 0.4) is 0 Å². The van der Waals surface area contributed by atoms with Crippen molar-refractivity contribution >= 4 is 5.97 Å². The molecular weight excluding hydrogens is 248 g/mol. The van der Waals surface area contributed by atoms with Crippen molar-refractivity contribution in [1.82, 2.24) is 0 Å². The molecule has 9 atom stereocenters. The van der Waals surface area contributed by atoms with Gasteiger partial charge in [0.25, 0.3) is 0 Å². The van der Waals surface area contributed by atoms with Crippen LogP contribution in [0.5, 0.6) is 0 Å². The Bertz CT molecular complexity index is 476. The molecule has 0 aromatic carbocycles. The highest BCUT2D eigenvalue weighted by Crippen LogP contribution is 2.73. The number of hydrogen-bond acceptors (Lipinski definition) is 2. The van der Waals surface area contributed by atoms with Crippen LogP contribution in [0.1, 0.15) is 40.0 Å². The fourth-order valence-corrected chi connectivity index (χ4v) is 7.59. The van der Waals surface area contributed by atoms with Gasteiger partial charge in [-0.1, -0.05) is 20.8 Å². The Morgan fingerprint density at radius 1 is 0.950 bits per heavy atom. The highest BCUT2D eigenvalue weighted by molar-refractivity contribution is 5.76. The molecule has 0 N–H and O–H groups in total. The molecule has 4 bridgehead atoms. The fraction of sp³-hybridized carbons (Fsp3) is 0.944. The van der Waals surface area contributed by atoms with Gasteiger partial charge in [-0.2, -0.15) is 0 Å². The molecule has 9 unspecified atom stereocenters. The van der Waals surface area contributed by atoms with Crippen molar-refractivity contribution in [3.8, 4) is 0 Å². The third kappa shape index (κ3) is 1.21. The van der Waals surface area contributed by atoms with Crippen molar-refractivity contribution < 1.29 is 9.53 Å². The Balaban J connectivity index is 1.51. The van der Waals surface area contributed by atoms with Gasteiger partial charge in [0, 0.05) is 5.92 Å². The molecule has 4 saturated carbocycles. The van der Waals surface area contributed by atoms with E-state index in [1.807, 2.05) is 0 Å². The summed E-state index contributed by atoms with van der Waals surface area (Å²) in [6.07, 6.45) is 4.28. The summed E-state index contributed by atoms with van der Waals surface area (Å²) in [5, 5.41) is 0. The molecule has 1 aliphatic heterocycles. The van der Waals surface area contributed by atoms with Crippen LogP contribution in [-0.4, -0.2) is 12.6 Å². The van der Waals surface area contributed by atoms with Gasteiger partial charge >= 0.3 is 5.97 Å². The average molecular weight is 274 g/mol. The van der Waals surface area contributed by atoms with E-state index in [0.29, 0.717) is 23.2 Å². The van der Waals surface area contributed by atoms with E-state index < -0.39 is 0 Å². The Hall–Kier alpha value is -0.530. The van der Waals surface area contributed by atoms with E-state index in [4.69, 9.17) is 4.74 Å². The van der Waals surface area contributed by atoms with Crippen molar-refractivity contribution in [3.63, 3.8) is 0 Å². The second-order valence-electron chi connectivity index (χ2n) is 9.41. The number of ether oxygens (including phenoxy) is 1. The molecule has 0 spiro atoms. The van der Waals surface area contributed by atoms with E-state index >= 15 is 0 Å². The number of fused-ring (bicyclic) bond motifs is 12. The summed E-state index contributed by atoms with van der Waals surface area (Å²) in [7, 11) is 0. The molecule has 110 valence electrons. The topological polar surface area (TPSA) is 26.3 Å². The Labute approximate surface area is 121 Å². The van der Waals surface area contributed by atoms with Crippen LogP contribution in [0, 0.1) is 58.7 Å². The SMILES string of the molecule is CC(C)(C)C1CC2CC1C1C3CC(C4COC(=O)C43)C21. The van der Waals surface area contributed by atoms with Gasteiger partial charge in [0.1, 0.15) is 0 Å². The number of carbonyl (C=O) groups excluding carboxylic acids is 1. The summed E-state index contributed by atoms with van der Waals surface area (Å²) < 4.78 is 5.41. The van der Waals surface area contributed by atoms with Crippen molar-refractivity contribution in [2.24, 2.45) is 58.7 Å². The number of cyclic esters (lactones) is 1. The lowest BCUT2D eigenvalue weighted by Gasteiger charge is -2.45. The van der Waals surface area contributed by atoms with E-state index in [-0.39, 0.29) is 5.97 Å². The van der Waals surface area contributed by atoms with E-state index in [9.17, 15) is 4.79 Å².